The lowest BCUT2D eigenvalue weighted by molar-refractivity contribution is 0.146. The van der Waals surface area contributed by atoms with Gasteiger partial charge in [0.1, 0.15) is 0 Å². The third-order valence-corrected chi connectivity index (χ3v) is 6.31. The van der Waals surface area contributed by atoms with Crippen molar-refractivity contribution in [3.05, 3.63) is 34.3 Å². The molecule has 0 radical (unpaired) electrons. The van der Waals surface area contributed by atoms with Crippen LogP contribution in [0.3, 0.4) is 0 Å². The summed E-state index contributed by atoms with van der Waals surface area (Å²) in [6.45, 7) is 18.5. The zero-order valence-corrected chi connectivity index (χ0v) is 14.9. The van der Waals surface area contributed by atoms with Crippen molar-refractivity contribution in [3.63, 3.8) is 0 Å². The molecule has 0 bridgehead atoms. The van der Waals surface area contributed by atoms with Crippen LogP contribution in [0.1, 0.15) is 66.5 Å². The first-order valence-electron chi connectivity index (χ1n) is 7.43. The minimum Gasteiger partial charge on any atom is -0.305 e. The summed E-state index contributed by atoms with van der Waals surface area (Å²) < 4.78 is 0. The Kier molecular flexibility index (Phi) is 3.36. The fourth-order valence-corrected chi connectivity index (χ4v) is 3.52. The summed E-state index contributed by atoms with van der Waals surface area (Å²) in [5.74, 6) is 0. The Hall–Kier alpha value is -0.530. The summed E-state index contributed by atoms with van der Waals surface area (Å²) >= 11 is 6.29. The number of hydrogen-bond acceptors (Lipinski definition) is 1. The van der Waals surface area contributed by atoms with Gasteiger partial charge < -0.3 is 5.32 Å². The monoisotopic (exact) mass is 293 g/mol. The van der Waals surface area contributed by atoms with Crippen LogP contribution in [0.15, 0.2) is 18.2 Å². The molecular formula is C18H28ClN. The van der Waals surface area contributed by atoms with Gasteiger partial charge >= 0.3 is 0 Å². The van der Waals surface area contributed by atoms with E-state index in [9.17, 15) is 0 Å². The van der Waals surface area contributed by atoms with Gasteiger partial charge in [0.2, 0.25) is 0 Å². The number of fused-ring (bicyclic) bond motifs is 1. The highest BCUT2D eigenvalue weighted by Gasteiger charge is 2.52. The summed E-state index contributed by atoms with van der Waals surface area (Å²) in [4.78, 5) is 0. The predicted octanol–water partition coefficient (Wildman–Crippen LogP) is 5.06. The molecule has 112 valence electrons. The lowest BCUT2D eigenvalue weighted by atomic mass is 9.66. The highest BCUT2D eigenvalue weighted by molar-refractivity contribution is 6.30. The molecule has 1 heterocycles. The zero-order valence-electron chi connectivity index (χ0n) is 14.1. The van der Waals surface area contributed by atoms with Crippen molar-refractivity contribution in [3.8, 4) is 0 Å². The minimum atomic E-state index is -0.0241. The van der Waals surface area contributed by atoms with Gasteiger partial charge in [-0.1, -0.05) is 45.4 Å². The molecule has 0 amide bonds. The molecule has 2 heteroatoms. The second-order valence-corrected chi connectivity index (χ2v) is 8.75. The van der Waals surface area contributed by atoms with E-state index in [0.717, 1.165) is 5.02 Å². The van der Waals surface area contributed by atoms with Crippen molar-refractivity contribution in [2.75, 3.05) is 0 Å². The summed E-state index contributed by atoms with van der Waals surface area (Å²) in [6.07, 6.45) is 0. The van der Waals surface area contributed by atoms with Crippen LogP contribution in [0.25, 0.3) is 0 Å². The van der Waals surface area contributed by atoms with E-state index < -0.39 is 0 Å². The van der Waals surface area contributed by atoms with Crippen molar-refractivity contribution in [2.45, 2.75) is 77.3 Å². The second-order valence-electron chi connectivity index (χ2n) is 8.31. The van der Waals surface area contributed by atoms with Gasteiger partial charge in [0.05, 0.1) is 0 Å². The molecule has 1 N–H and O–H groups in total. The van der Waals surface area contributed by atoms with E-state index in [1.165, 1.54) is 11.1 Å². The first kappa shape index (κ1) is 15.9. The van der Waals surface area contributed by atoms with Crippen molar-refractivity contribution in [2.24, 2.45) is 0 Å². The second kappa shape index (κ2) is 4.24. The summed E-state index contributed by atoms with van der Waals surface area (Å²) in [5.41, 5.74) is 2.75. The predicted molar refractivity (Wildman–Crippen MR) is 88.8 cm³/mol. The van der Waals surface area contributed by atoms with Crippen molar-refractivity contribution in [1.82, 2.24) is 5.32 Å². The van der Waals surface area contributed by atoms with Crippen LogP contribution < -0.4 is 5.32 Å². The third-order valence-electron chi connectivity index (χ3n) is 6.08. The van der Waals surface area contributed by atoms with Gasteiger partial charge in [-0.2, -0.15) is 0 Å². The summed E-state index contributed by atoms with van der Waals surface area (Å²) in [7, 11) is 0. The van der Waals surface area contributed by atoms with Crippen molar-refractivity contribution < 1.29 is 0 Å². The lowest BCUT2D eigenvalue weighted by Gasteiger charge is -2.48. The molecule has 1 nitrogen and oxygen atoms in total. The molecule has 0 fully saturated rings. The Bertz CT molecular complexity index is 538. The van der Waals surface area contributed by atoms with E-state index in [1.807, 2.05) is 6.07 Å². The molecule has 0 aliphatic carbocycles. The molecule has 0 atom stereocenters. The van der Waals surface area contributed by atoms with Gasteiger partial charge in [0.25, 0.3) is 0 Å². The number of rotatable bonds is 0. The molecule has 0 spiro atoms. The number of hydrogen-bond donors (Lipinski definition) is 1. The van der Waals surface area contributed by atoms with E-state index in [0.29, 0.717) is 0 Å². The van der Waals surface area contributed by atoms with Crippen molar-refractivity contribution in [1.29, 1.82) is 0 Å². The quantitative estimate of drug-likeness (QED) is 0.705. The van der Waals surface area contributed by atoms with E-state index in [2.05, 4.69) is 72.8 Å². The van der Waals surface area contributed by atoms with Gasteiger partial charge in [0, 0.05) is 26.9 Å². The largest absolute Gasteiger partial charge is 0.305 e. The van der Waals surface area contributed by atoms with Gasteiger partial charge in [-0.05, 0) is 51.0 Å². The molecule has 2 rings (SSSR count). The molecule has 1 aliphatic heterocycles. The van der Waals surface area contributed by atoms with Crippen LogP contribution in [-0.2, 0) is 10.8 Å². The van der Waals surface area contributed by atoms with Gasteiger partial charge in [0.15, 0.2) is 0 Å². The average molecular weight is 294 g/mol. The Morgan fingerprint density at radius 2 is 1.20 bits per heavy atom. The normalized spacial score (nSPS) is 25.6. The van der Waals surface area contributed by atoms with Crippen LogP contribution in [-0.4, -0.2) is 11.1 Å². The molecule has 1 aromatic carbocycles. The molecule has 0 aromatic heterocycles. The van der Waals surface area contributed by atoms with E-state index in [1.54, 1.807) is 0 Å². The van der Waals surface area contributed by atoms with Crippen LogP contribution in [0.4, 0.5) is 0 Å². The van der Waals surface area contributed by atoms with E-state index in [4.69, 9.17) is 11.6 Å². The standard InChI is InChI=1S/C18H28ClN/c1-15(2)13-10-9-12(19)11-14(13)16(3,4)18(7,8)20-17(15,5)6/h9-11,20H,1-8H3. The van der Waals surface area contributed by atoms with Crippen LogP contribution in [0.5, 0.6) is 0 Å². The smallest absolute Gasteiger partial charge is 0.0409 e. The summed E-state index contributed by atoms with van der Waals surface area (Å²) in [5, 5.41) is 4.72. The zero-order chi connectivity index (χ0) is 15.6. The number of benzene rings is 1. The fraction of sp³-hybridized carbons (Fsp3) is 0.667. The first-order valence-corrected chi connectivity index (χ1v) is 7.80. The van der Waals surface area contributed by atoms with Crippen LogP contribution >= 0.6 is 11.6 Å². The Morgan fingerprint density at radius 1 is 0.750 bits per heavy atom. The summed E-state index contributed by atoms with van der Waals surface area (Å²) in [6, 6.07) is 6.39. The SMILES string of the molecule is CC1(C)NC(C)(C)C(C)(C)c2cc(Cl)ccc2C1(C)C. The Morgan fingerprint density at radius 3 is 1.70 bits per heavy atom. The molecule has 0 unspecified atom stereocenters. The van der Waals surface area contributed by atoms with Crippen molar-refractivity contribution >= 4 is 11.6 Å². The van der Waals surface area contributed by atoms with Crippen LogP contribution in [0.2, 0.25) is 5.02 Å². The van der Waals surface area contributed by atoms with E-state index >= 15 is 0 Å². The fourth-order valence-electron chi connectivity index (χ4n) is 3.35. The van der Waals surface area contributed by atoms with E-state index in [-0.39, 0.29) is 21.9 Å². The topological polar surface area (TPSA) is 12.0 Å². The maximum atomic E-state index is 6.29. The Balaban J connectivity index is 2.85. The number of nitrogens with one attached hydrogen (secondary N) is 1. The number of halogens is 1. The molecule has 1 aromatic rings. The van der Waals surface area contributed by atoms with Gasteiger partial charge in [-0.15, -0.1) is 0 Å². The third kappa shape index (κ3) is 2.02. The van der Waals surface area contributed by atoms with Crippen LogP contribution in [0, 0.1) is 0 Å². The van der Waals surface area contributed by atoms with Gasteiger partial charge in [-0.3, -0.25) is 0 Å². The highest BCUT2D eigenvalue weighted by Crippen LogP contribution is 2.49. The average Bonchev–Trinajstić information content (AvgIpc) is 2.28. The maximum absolute atomic E-state index is 6.29. The molecule has 0 saturated carbocycles. The molecule has 1 aliphatic rings. The molecular weight excluding hydrogens is 266 g/mol. The highest BCUT2D eigenvalue weighted by atomic mass is 35.5. The lowest BCUT2D eigenvalue weighted by Crippen LogP contribution is -2.63. The molecule has 0 saturated heterocycles. The minimum absolute atomic E-state index is 0.00171. The van der Waals surface area contributed by atoms with Gasteiger partial charge in [-0.25, -0.2) is 0 Å². The Labute approximate surface area is 129 Å². The molecule has 20 heavy (non-hydrogen) atoms. The first-order chi connectivity index (χ1) is 8.83. The maximum Gasteiger partial charge on any atom is 0.0409 e.